The summed E-state index contributed by atoms with van der Waals surface area (Å²) in [5, 5.41) is 0.690. The van der Waals surface area contributed by atoms with E-state index in [0.717, 1.165) is 136 Å². The standard InChI is InChI=1S/C38H56N10O2S8/c1-41-11-15-45(16-12-41)35(49)53-27-31(29-55-37(51)47-23-19-43(20-24-47)33-7-3-5-9-39-33)57-58-32(28-54-36(50)46-17-13-42(2)14-18-46)30-56-38(52)48-25-21-44(22-26-48)34-8-4-6-10-40-34/h3-10,31-32H,11-30H2,1-2H3. The Morgan fingerprint density at radius 3 is 1.21 bits per heavy atom. The molecule has 318 valence electrons. The third-order valence-electron chi connectivity index (χ3n) is 10.4. The van der Waals surface area contributed by atoms with Gasteiger partial charge in [0.2, 0.25) is 0 Å². The van der Waals surface area contributed by atoms with Crippen molar-refractivity contribution in [1.29, 1.82) is 0 Å². The number of piperazine rings is 4. The molecule has 0 bridgehead atoms. The van der Waals surface area contributed by atoms with Crippen molar-refractivity contribution in [3.63, 3.8) is 0 Å². The van der Waals surface area contributed by atoms with Crippen LogP contribution in [0.15, 0.2) is 48.8 Å². The molecule has 2 aromatic heterocycles. The maximum absolute atomic E-state index is 13.4. The van der Waals surface area contributed by atoms with E-state index in [4.69, 9.17) is 24.4 Å². The number of thioether (sulfide) groups is 4. The number of carbonyl (C=O) groups excluding carboxylic acids is 2. The maximum Gasteiger partial charge on any atom is 0.281 e. The number of likely N-dealkylation sites (N-methyl/N-ethyl adjacent to an activating group) is 2. The van der Waals surface area contributed by atoms with Gasteiger partial charge in [0.05, 0.1) is 0 Å². The topological polar surface area (TPSA) is 85.8 Å². The van der Waals surface area contributed by atoms with Crippen LogP contribution < -0.4 is 9.80 Å². The molecule has 2 aromatic rings. The molecule has 0 saturated carbocycles. The highest BCUT2D eigenvalue weighted by Gasteiger charge is 2.27. The summed E-state index contributed by atoms with van der Waals surface area (Å²) in [6.07, 6.45) is 3.69. The average Bonchev–Trinajstić information content (AvgIpc) is 3.27. The van der Waals surface area contributed by atoms with Crippen molar-refractivity contribution in [3.8, 4) is 0 Å². The van der Waals surface area contributed by atoms with Gasteiger partial charge in [0.15, 0.2) is 0 Å². The van der Waals surface area contributed by atoms with Gasteiger partial charge < -0.3 is 39.2 Å². The molecular formula is C38H56N10O2S8. The van der Waals surface area contributed by atoms with Crippen molar-refractivity contribution >= 4 is 124 Å². The Bertz CT molecular complexity index is 1470. The van der Waals surface area contributed by atoms with Crippen molar-refractivity contribution in [2.45, 2.75) is 10.5 Å². The zero-order valence-corrected chi connectivity index (χ0v) is 40.0. The summed E-state index contributed by atoms with van der Waals surface area (Å²) in [7, 11) is 7.92. The zero-order valence-electron chi connectivity index (χ0n) is 33.5. The van der Waals surface area contributed by atoms with Gasteiger partial charge in [-0.05, 0) is 38.4 Å². The van der Waals surface area contributed by atoms with E-state index in [1.165, 1.54) is 23.5 Å². The van der Waals surface area contributed by atoms with Crippen molar-refractivity contribution in [3.05, 3.63) is 48.8 Å². The van der Waals surface area contributed by atoms with Gasteiger partial charge in [0.25, 0.3) is 10.5 Å². The fourth-order valence-electron chi connectivity index (χ4n) is 6.68. The molecular weight excluding hydrogens is 885 g/mol. The Labute approximate surface area is 380 Å². The molecule has 12 nitrogen and oxygen atoms in total. The number of carbonyl (C=O) groups is 2. The molecule has 4 fully saturated rings. The number of thiocarbonyl (C=S) groups is 2. The van der Waals surface area contributed by atoms with Gasteiger partial charge in [-0.15, -0.1) is 0 Å². The quantitative estimate of drug-likeness (QED) is 0.180. The van der Waals surface area contributed by atoms with Gasteiger partial charge >= 0.3 is 0 Å². The Morgan fingerprint density at radius 1 is 0.517 bits per heavy atom. The molecule has 4 saturated heterocycles. The summed E-state index contributed by atoms with van der Waals surface area (Å²) in [4.78, 5) is 53.6. The smallest absolute Gasteiger partial charge is 0.281 e. The van der Waals surface area contributed by atoms with Gasteiger partial charge in [-0.1, -0.05) is 105 Å². The van der Waals surface area contributed by atoms with E-state index in [1.807, 2.05) is 68.0 Å². The molecule has 0 N–H and O–H groups in total. The zero-order chi connectivity index (χ0) is 40.7. The molecule has 6 heterocycles. The van der Waals surface area contributed by atoms with E-state index >= 15 is 0 Å². The summed E-state index contributed by atoms with van der Waals surface area (Å²) in [5.41, 5.74) is 0. The molecule has 2 atom stereocenters. The molecule has 20 heteroatoms. The summed E-state index contributed by atoms with van der Waals surface area (Å²) in [6.45, 7) is 13.7. The molecule has 4 aliphatic rings. The second-order valence-corrected chi connectivity index (χ2v) is 22.8. The average molecular weight is 941 g/mol. The minimum absolute atomic E-state index is 0.163. The van der Waals surface area contributed by atoms with Gasteiger partial charge in [0, 0.05) is 151 Å². The SMILES string of the molecule is CN1CCN(C(=O)SCC(CSC(=S)N2CCN(c3ccccn3)CC2)SSC(CSC(=O)N2CCN(C)CC2)CSC(=S)N2CCN(c3ccccn3)CC2)CC1. The number of anilines is 2. The third-order valence-corrected chi connectivity index (χ3v) is 20.1. The Morgan fingerprint density at radius 2 is 0.862 bits per heavy atom. The predicted molar refractivity (Wildman–Crippen MR) is 263 cm³/mol. The van der Waals surface area contributed by atoms with E-state index in [1.54, 1.807) is 23.5 Å². The molecule has 58 heavy (non-hydrogen) atoms. The molecule has 2 unspecified atom stereocenters. The molecule has 0 aromatic carbocycles. The van der Waals surface area contributed by atoms with Crippen LogP contribution in [-0.2, 0) is 0 Å². The summed E-state index contributed by atoms with van der Waals surface area (Å²) >= 11 is 18.4. The number of rotatable bonds is 13. The van der Waals surface area contributed by atoms with Crippen LogP contribution in [0.2, 0.25) is 0 Å². The lowest BCUT2D eigenvalue weighted by Gasteiger charge is -2.36. The highest BCUT2D eigenvalue weighted by molar-refractivity contribution is 8.77. The number of amides is 2. The first-order valence-corrected chi connectivity index (χ1v) is 26.9. The fourth-order valence-corrected chi connectivity index (χ4v) is 16.0. The van der Waals surface area contributed by atoms with E-state index in [2.05, 4.69) is 65.6 Å². The maximum atomic E-state index is 13.4. The lowest BCUT2D eigenvalue weighted by Crippen LogP contribution is -2.48. The van der Waals surface area contributed by atoms with Crippen LogP contribution >= 0.6 is 93.1 Å². The highest BCUT2D eigenvalue weighted by atomic mass is 33.1. The fraction of sp³-hybridized carbons (Fsp3) is 0.632. The Hall–Kier alpha value is -1.36. The van der Waals surface area contributed by atoms with Gasteiger partial charge in [-0.3, -0.25) is 9.59 Å². The van der Waals surface area contributed by atoms with E-state index < -0.39 is 0 Å². The Kier molecular flexibility index (Phi) is 19.4. The summed E-state index contributed by atoms with van der Waals surface area (Å²) in [5.74, 6) is 5.06. The number of hydrogen-bond acceptors (Lipinski definition) is 16. The van der Waals surface area contributed by atoms with E-state index in [0.29, 0.717) is 11.5 Å². The third kappa shape index (κ3) is 14.6. The van der Waals surface area contributed by atoms with Gasteiger partial charge in [-0.2, -0.15) is 0 Å². The van der Waals surface area contributed by atoms with Crippen LogP contribution in [0.5, 0.6) is 0 Å². The first-order chi connectivity index (χ1) is 28.2. The molecule has 2 amide bonds. The van der Waals surface area contributed by atoms with Crippen LogP contribution in [0.3, 0.4) is 0 Å². The summed E-state index contributed by atoms with van der Waals surface area (Å²) in [6, 6.07) is 12.1. The number of hydrogen-bond donors (Lipinski definition) is 0. The van der Waals surface area contributed by atoms with Crippen molar-refractivity contribution in [2.75, 3.05) is 152 Å². The Balaban J connectivity index is 1.04. The number of nitrogens with zero attached hydrogens (tertiary/aromatic N) is 10. The van der Waals surface area contributed by atoms with Crippen molar-refractivity contribution in [1.82, 2.24) is 39.4 Å². The van der Waals surface area contributed by atoms with Crippen LogP contribution in [-0.4, -0.2) is 211 Å². The minimum Gasteiger partial charge on any atom is -0.354 e. The van der Waals surface area contributed by atoms with Gasteiger partial charge in [0.1, 0.15) is 20.3 Å². The predicted octanol–water partition coefficient (Wildman–Crippen LogP) is 5.78. The largest absolute Gasteiger partial charge is 0.354 e. The monoisotopic (exact) mass is 940 g/mol. The molecule has 6 rings (SSSR count). The molecule has 0 radical (unpaired) electrons. The van der Waals surface area contributed by atoms with Crippen LogP contribution in [0.25, 0.3) is 0 Å². The van der Waals surface area contributed by atoms with Gasteiger partial charge in [-0.25, -0.2) is 9.97 Å². The second-order valence-electron chi connectivity index (χ2n) is 14.6. The lowest BCUT2D eigenvalue weighted by atomic mass is 10.3. The first kappa shape index (κ1) is 46.2. The van der Waals surface area contributed by atoms with Crippen LogP contribution in [0.1, 0.15) is 0 Å². The van der Waals surface area contributed by atoms with E-state index in [-0.39, 0.29) is 21.0 Å². The van der Waals surface area contributed by atoms with E-state index in [9.17, 15) is 9.59 Å². The minimum atomic E-state index is 0.163. The highest BCUT2D eigenvalue weighted by Crippen LogP contribution is 2.38. The number of pyridine rings is 2. The second kappa shape index (κ2) is 24.3. The van der Waals surface area contributed by atoms with Crippen molar-refractivity contribution in [2.24, 2.45) is 0 Å². The first-order valence-electron chi connectivity index (χ1n) is 19.9. The summed E-state index contributed by atoms with van der Waals surface area (Å²) < 4.78 is 1.83. The molecule has 0 spiro atoms. The normalized spacial score (nSPS) is 19.6. The van der Waals surface area contributed by atoms with Crippen LogP contribution in [0, 0.1) is 0 Å². The van der Waals surface area contributed by atoms with Crippen LogP contribution in [0.4, 0.5) is 21.2 Å². The lowest BCUT2D eigenvalue weighted by molar-refractivity contribution is 0.172. The molecule has 0 aliphatic carbocycles. The van der Waals surface area contributed by atoms with Crippen molar-refractivity contribution < 1.29 is 9.59 Å². The number of aromatic nitrogens is 2. The molecule has 4 aliphatic heterocycles.